The van der Waals surface area contributed by atoms with Crippen LogP contribution in [0.1, 0.15) is 32.6 Å². The van der Waals surface area contributed by atoms with E-state index in [2.05, 4.69) is 12.2 Å². The van der Waals surface area contributed by atoms with Gasteiger partial charge in [0.25, 0.3) is 0 Å². The number of hydrogen-bond donors (Lipinski definition) is 2. The fourth-order valence-corrected chi connectivity index (χ4v) is 1.87. The molecule has 0 amide bonds. The Kier molecular flexibility index (Phi) is 6.22. The van der Waals surface area contributed by atoms with E-state index in [9.17, 15) is 0 Å². The largest absolute Gasteiger partial charge is 0.396 e. The summed E-state index contributed by atoms with van der Waals surface area (Å²) in [6.07, 6.45) is 4.96. The first-order chi connectivity index (χ1) is 7.27. The van der Waals surface area contributed by atoms with Gasteiger partial charge in [-0.15, -0.1) is 0 Å². The maximum Gasteiger partial charge on any atom is 0.0618 e. The van der Waals surface area contributed by atoms with Gasteiger partial charge in [-0.2, -0.15) is 0 Å². The molecule has 15 heavy (non-hydrogen) atoms. The SMILES string of the molecule is COCC(NCCCC(C)CO)C1CC1. The number of aliphatic hydroxyl groups is 1. The van der Waals surface area contributed by atoms with E-state index in [1.54, 1.807) is 7.11 Å². The van der Waals surface area contributed by atoms with Gasteiger partial charge in [-0.05, 0) is 44.1 Å². The predicted molar refractivity (Wildman–Crippen MR) is 61.9 cm³/mol. The molecule has 3 heteroatoms. The van der Waals surface area contributed by atoms with E-state index in [0.717, 1.165) is 31.9 Å². The van der Waals surface area contributed by atoms with E-state index < -0.39 is 0 Å². The Hall–Kier alpha value is -0.120. The Morgan fingerprint density at radius 3 is 2.73 bits per heavy atom. The van der Waals surface area contributed by atoms with Crippen LogP contribution >= 0.6 is 0 Å². The molecule has 0 aromatic heterocycles. The molecule has 0 aromatic rings. The number of aliphatic hydroxyl groups excluding tert-OH is 1. The second-order valence-corrected chi connectivity index (χ2v) is 4.78. The Labute approximate surface area is 93.2 Å². The summed E-state index contributed by atoms with van der Waals surface area (Å²) in [6.45, 7) is 4.28. The first kappa shape index (κ1) is 12.9. The summed E-state index contributed by atoms with van der Waals surface area (Å²) >= 11 is 0. The van der Waals surface area contributed by atoms with E-state index in [1.807, 2.05) is 0 Å². The summed E-state index contributed by atoms with van der Waals surface area (Å²) in [5.74, 6) is 1.29. The van der Waals surface area contributed by atoms with Crippen LogP contribution in [-0.2, 0) is 4.74 Å². The number of nitrogens with one attached hydrogen (secondary N) is 1. The van der Waals surface area contributed by atoms with Crippen molar-refractivity contribution in [3.8, 4) is 0 Å². The predicted octanol–water partition coefficient (Wildman–Crippen LogP) is 1.41. The highest BCUT2D eigenvalue weighted by atomic mass is 16.5. The lowest BCUT2D eigenvalue weighted by molar-refractivity contribution is 0.156. The molecular weight excluding hydrogens is 190 g/mol. The quantitative estimate of drug-likeness (QED) is 0.571. The summed E-state index contributed by atoms with van der Waals surface area (Å²) in [7, 11) is 1.77. The third-order valence-corrected chi connectivity index (χ3v) is 3.13. The van der Waals surface area contributed by atoms with Gasteiger partial charge >= 0.3 is 0 Å². The summed E-state index contributed by atoms with van der Waals surface area (Å²) in [5, 5.41) is 12.4. The van der Waals surface area contributed by atoms with Crippen molar-refractivity contribution < 1.29 is 9.84 Å². The number of ether oxygens (including phenoxy) is 1. The van der Waals surface area contributed by atoms with Crippen molar-refractivity contribution in [2.45, 2.75) is 38.6 Å². The van der Waals surface area contributed by atoms with Crippen LogP contribution < -0.4 is 5.32 Å². The van der Waals surface area contributed by atoms with Gasteiger partial charge in [0.15, 0.2) is 0 Å². The van der Waals surface area contributed by atoms with Gasteiger partial charge in [-0.3, -0.25) is 0 Å². The molecule has 0 aromatic carbocycles. The van der Waals surface area contributed by atoms with Gasteiger partial charge < -0.3 is 15.2 Å². The van der Waals surface area contributed by atoms with Crippen molar-refractivity contribution in [1.29, 1.82) is 0 Å². The maximum atomic E-state index is 8.89. The Balaban J connectivity index is 2.01. The minimum atomic E-state index is 0.310. The Morgan fingerprint density at radius 2 is 2.20 bits per heavy atom. The second kappa shape index (κ2) is 7.20. The summed E-state index contributed by atoms with van der Waals surface area (Å²) in [6, 6.07) is 0.555. The van der Waals surface area contributed by atoms with Crippen LogP contribution in [0.15, 0.2) is 0 Å². The molecule has 1 aliphatic carbocycles. The smallest absolute Gasteiger partial charge is 0.0618 e. The summed E-state index contributed by atoms with van der Waals surface area (Å²) < 4.78 is 5.20. The lowest BCUT2D eigenvalue weighted by atomic mass is 10.1. The lowest BCUT2D eigenvalue weighted by Crippen LogP contribution is -2.35. The fourth-order valence-electron chi connectivity index (χ4n) is 1.87. The van der Waals surface area contributed by atoms with Crippen molar-refractivity contribution in [2.75, 3.05) is 26.9 Å². The van der Waals surface area contributed by atoms with E-state index in [4.69, 9.17) is 9.84 Å². The number of hydrogen-bond acceptors (Lipinski definition) is 3. The van der Waals surface area contributed by atoms with Crippen molar-refractivity contribution in [1.82, 2.24) is 5.32 Å². The van der Waals surface area contributed by atoms with Gasteiger partial charge in [0, 0.05) is 19.8 Å². The zero-order valence-corrected chi connectivity index (χ0v) is 10.0. The normalized spacial score (nSPS) is 20.2. The third kappa shape index (κ3) is 5.50. The topological polar surface area (TPSA) is 41.5 Å². The first-order valence-corrected chi connectivity index (χ1v) is 6.11. The van der Waals surface area contributed by atoms with Gasteiger partial charge in [0.2, 0.25) is 0 Å². The lowest BCUT2D eigenvalue weighted by Gasteiger charge is -2.17. The zero-order valence-electron chi connectivity index (χ0n) is 10.0. The number of methoxy groups -OCH3 is 1. The van der Waals surface area contributed by atoms with Gasteiger partial charge in [-0.1, -0.05) is 6.92 Å². The highest BCUT2D eigenvalue weighted by Gasteiger charge is 2.30. The third-order valence-electron chi connectivity index (χ3n) is 3.13. The Bertz CT molecular complexity index is 160. The van der Waals surface area contributed by atoms with E-state index in [-0.39, 0.29) is 0 Å². The minimum Gasteiger partial charge on any atom is -0.396 e. The van der Waals surface area contributed by atoms with Crippen LogP contribution in [0.5, 0.6) is 0 Å². The Morgan fingerprint density at radius 1 is 1.47 bits per heavy atom. The van der Waals surface area contributed by atoms with E-state index in [1.165, 1.54) is 12.8 Å². The van der Waals surface area contributed by atoms with Gasteiger partial charge in [0.1, 0.15) is 0 Å². The highest BCUT2D eigenvalue weighted by Crippen LogP contribution is 2.32. The fraction of sp³-hybridized carbons (Fsp3) is 1.00. The molecule has 0 spiro atoms. The molecule has 3 nitrogen and oxygen atoms in total. The molecule has 0 radical (unpaired) electrons. The molecule has 1 aliphatic rings. The molecule has 0 aliphatic heterocycles. The molecule has 2 atom stereocenters. The second-order valence-electron chi connectivity index (χ2n) is 4.78. The average Bonchev–Trinajstić information content (AvgIpc) is 3.06. The molecule has 2 N–H and O–H groups in total. The molecule has 1 rings (SSSR count). The monoisotopic (exact) mass is 215 g/mol. The van der Waals surface area contributed by atoms with Crippen molar-refractivity contribution in [2.24, 2.45) is 11.8 Å². The molecule has 90 valence electrons. The maximum absolute atomic E-state index is 8.89. The molecule has 0 heterocycles. The minimum absolute atomic E-state index is 0.310. The van der Waals surface area contributed by atoms with Gasteiger partial charge in [-0.25, -0.2) is 0 Å². The molecule has 1 fully saturated rings. The average molecular weight is 215 g/mol. The van der Waals surface area contributed by atoms with Crippen molar-refractivity contribution in [3.63, 3.8) is 0 Å². The van der Waals surface area contributed by atoms with Crippen LogP contribution in [0.3, 0.4) is 0 Å². The van der Waals surface area contributed by atoms with E-state index in [0.29, 0.717) is 18.6 Å². The van der Waals surface area contributed by atoms with Crippen molar-refractivity contribution in [3.05, 3.63) is 0 Å². The summed E-state index contributed by atoms with van der Waals surface area (Å²) in [5.41, 5.74) is 0. The van der Waals surface area contributed by atoms with Crippen LogP contribution in [-0.4, -0.2) is 38.0 Å². The molecule has 0 saturated heterocycles. The van der Waals surface area contributed by atoms with Crippen LogP contribution in [0, 0.1) is 11.8 Å². The van der Waals surface area contributed by atoms with Gasteiger partial charge in [0.05, 0.1) is 6.61 Å². The van der Waals surface area contributed by atoms with Crippen molar-refractivity contribution >= 4 is 0 Å². The molecule has 1 saturated carbocycles. The zero-order chi connectivity index (χ0) is 11.1. The van der Waals surface area contributed by atoms with Crippen LogP contribution in [0.4, 0.5) is 0 Å². The number of rotatable bonds is 9. The highest BCUT2D eigenvalue weighted by molar-refractivity contribution is 4.86. The van der Waals surface area contributed by atoms with Crippen LogP contribution in [0.2, 0.25) is 0 Å². The summed E-state index contributed by atoms with van der Waals surface area (Å²) in [4.78, 5) is 0. The van der Waals surface area contributed by atoms with Crippen LogP contribution in [0.25, 0.3) is 0 Å². The van der Waals surface area contributed by atoms with E-state index >= 15 is 0 Å². The molecular formula is C12H25NO2. The molecule has 2 unspecified atom stereocenters. The first-order valence-electron chi connectivity index (χ1n) is 6.11. The molecule has 0 bridgehead atoms. The standard InChI is InChI=1S/C12H25NO2/c1-10(8-14)4-3-7-13-12(9-15-2)11-5-6-11/h10-14H,3-9H2,1-2H3.